The van der Waals surface area contributed by atoms with Gasteiger partial charge in [-0.15, -0.1) is 0 Å². The van der Waals surface area contributed by atoms with Crippen LogP contribution in [0.2, 0.25) is 0 Å². The van der Waals surface area contributed by atoms with Crippen LogP contribution in [0.25, 0.3) is 0 Å². The molecule has 1 saturated carbocycles. The van der Waals surface area contributed by atoms with Gasteiger partial charge in [-0.05, 0) is 31.2 Å². The van der Waals surface area contributed by atoms with Gasteiger partial charge in [0, 0.05) is 23.1 Å². The molecule has 84 valence electrons. The first-order valence-corrected chi connectivity index (χ1v) is 7.14. The van der Waals surface area contributed by atoms with Crippen LogP contribution in [0.4, 0.5) is 0 Å². The van der Waals surface area contributed by atoms with Crippen molar-refractivity contribution >= 4 is 10.8 Å². The standard InChI is InChI=1S/C11H23NOS/c1-5-12-9-6-7-11(2,3)8-10(9)14(4)13/h9-10,12H,5-8H2,1-4H3. The topological polar surface area (TPSA) is 29.1 Å². The van der Waals surface area contributed by atoms with Crippen LogP contribution in [0.3, 0.4) is 0 Å². The van der Waals surface area contributed by atoms with E-state index in [9.17, 15) is 4.21 Å². The molecule has 0 aromatic heterocycles. The normalized spacial score (nSPS) is 34.0. The van der Waals surface area contributed by atoms with Gasteiger partial charge in [-0.3, -0.25) is 4.21 Å². The van der Waals surface area contributed by atoms with Crippen LogP contribution in [-0.2, 0) is 10.8 Å². The van der Waals surface area contributed by atoms with Crippen LogP contribution in [0, 0.1) is 5.41 Å². The van der Waals surface area contributed by atoms with Crippen LogP contribution in [0.5, 0.6) is 0 Å². The molecule has 0 aliphatic heterocycles. The Morgan fingerprint density at radius 3 is 2.64 bits per heavy atom. The molecule has 0 amide bonds. The summed E-state index contributed by atoms with van der Waals surface area (Å²) in [6.45, 7) is 7.68. The lowest BCUT2D eigenvalue weighted by Gasteiger charge is -2.40. The first-order valence-electron chi connectivity index (χ1n) is 5.52. The fraction of sp³-hybridized carbons (Fsp3) is 1.00. The summed E-state index contributed by atoms with van der Waals surface area (Å²) in [5.41, 5.74) is 0.377. The van der Waals surface area contributed by atoms with Crippen molar-refractivity contribution in [2.24, 2.45) is 5.41 Å². The number of hydrogen-bond acceptors (Lipinski definition) is 2. The number of hydrogen-bond donors (Lipinski definition) is 1. The Morgan fingerprint density at radius 2 is 2.14 bits per heavy atom. The lowest BCUT2D eigenvalue weighted by Crippen LogP contribution is -2.48. The first-order chi connectivity index (χ1) is 6.46. The van der Waals surface area contributed by atoms with Crippen molar-refractivity contribution in [3.8, 4) is 0 Å². The van der Waals surface area contributed by atoms with Crippen molar-refractivity contribution in [1.29, 1.82) is 0 Å². The predicted molar refractivity (Wildman–Crippen MR) is 63.0 cm³/mol. The van der Waals surface area contributed by atoms with Gasteiger partial charge in [0.25, 0.3) is 0 Å². The molecule has 0 aromatic rings. The minimum absolute atomic E-state index is 0.346. The second kappa shape index (κ2) is 4.75. The van der Waals surface area contributed by atoms with Crippen LogP contribution in [0.15, 0.2) is 0 Å². The zero-order chi connectivity index (χ0) is 10.8. The second-order valence-corrected chi connectivity index (χ2v) is 6.71. The van der Waals surface area contributed by atoms with E-state index in [0.717, 1.165) is 13.0 Å². The molecule has 0 bridgehead atoms. The summed E-state index contributed by atoms with van der Waals surface area (Å²) in [7, 11) is -0.693. The maximum absolute atomic E-state index is 11.6. The maximum atomic E-state index is 11.6. The molecule has 0 saturated heterocycles. The molecule has 3 unspecified atom stereocenters. The summed E-state index contributed by atoms with van der Waals surface area (Å²) in [5, 5.41) is 3.81. The molecule has 1 aliphatic rings. The molecule has 3 heteroatoms. The molecule has 0 radical (unpaired) electrons. The van der Waals surface area contributed by atoms with E-state index < -0.39 is 10.8 Å². The molecule has 2 nitrogen and oxygen atoms in total. The third-order valence-electron chi connectivity index (χ3n) is 3.23. The Hall–Kier alpha value is 0.110. The van der Waals surface area contributed by atoms with Crippen molar-refractivity contribution in [3.63, 3.8) is 0 Å². The Kier molecular flexibility index (Phi) is 4.14. The van der Waals surface area contributed by atoms with Gasteiger partial charge in [0.15, 0.2) is 0 Å². The lowest BCUT2D eigenvalue weighted by molar-refractivity contribution is 0.213. The molecule has 1 rings (SSSR count). The minimum atomic E-state index is -0.693. The zero-order valence-electron chi connectivity index (χ0n) is 9.80. The lowest BCUT2D eigenvalue weighted by atomic mass is 9.75. The number of rotatable bonds is 3. The van der Waals surface area contributed by atoms with Crippen molar-refractivity contribution < 1.29 is 4.21 Å². The first kappa shape index (κ1) is 12.2. The van der Waals surface area contributed by atoms with E-state index in [1.165, 1.54) is 12.8 Å². The largest absolute Gasteiger partial charge is 0.313 e. The van der Waals surface area contributed by atoms with E-state index in [1.807, 2.05) is 6.26 Å². The number of nitrogens with one attached hydrogen (secondary N) is 1. The van der Waals surface area contributed by atoms with Crippen molar-refractivity contribution in [3.05, 3.63) is 0 Å². The fourth-order valence-electron chi connectivity index (χ4n) is 2.37. The SMILES string of the molecule is CCNC1CCC(C)(C)CC1S(C)=O. The summed E-state index contributed by atoms with van der Waals surface area (Å²) in [6, 6.07) is 0.471. The van der Waals surface area contributed by atoms with Crippen molar-refractivity contribution in [2.45, 2.75) is 51.3 Å². The molecular weight excluding hydrogens is 194 g/mol. The molecule has 0 aromatic carbocycles. The average molecular weight is 217 g/mol. The van der Waals surface area contributed by atoms with E-state index in [1.54, 1.807) is 0 Å². The third kappa shape index (κ3) is 3.06. The molecule has 0 heterocycles. The average Bonchev–Trinajstić information content (AvgIpc) is 2.08. The van der Waals surface area contributed by atoms with E-state index in [0.29, 0.717) is 16.7 Å². The minimum Gasteiger partial charge on any atom is -0.313 e. The summed E-state index contributed by atoms with van der Waals surface area (Å²) < 4.78 is 11.6. The van der Waals surface area contributed by atoms with Gasteiger partial charge in [0.1, 0.15) is 0 Å². The molecule has 14 heavy (non-hydrogen) atoms. The fourth-order valence-corrected chi connectivity index (χ4v) is 3.75. The predicted octanol–water partition coefficient (Wildman–Crippen LogP) is 1.92. The van der Waals surface area contributed by atoms with Gasteiger partial charge in [-0.25, -0.2) is 0 Å². The van der Waals surface area contributed by atoms with Crippen molar-refractivity contribution in [1.82, 2.24) is 5.32 Å². The smallest absolute Gasteiger partial charge is 0.0503 e. The second-order valence-electron chi connectivity index (χ2n) is 5.11. The Bertz CT molecular complexity index is 215. The summed E-state index contributed by atoms with van der Waals surface area (Å²) in [4.78, 5) is 0. The van der Waals surface area contributed by atoms with Crippen LogP contribution < -0.4 is 5.32 Å². The van der Waals surface area contributed by atoms with Gasteiger partial charge in [-0.2, -0.15) is 0 Å². The zero-order valence-corrected chi connectivity index (χ0v) is 10.6. The molecular formula is C11H23NOS. The van der Waals surface area contributed by atoms with E-state index in [2.05, 4.69) is 26.1 Å². The Morgan fingerprint density at radius 1 is 1.50 bits per heavy atom. The van der Waals surface area contributed by atoms with Gasteiger partial charge in [0.05, 0.1) is 5.25 Å². The quantitative estimate of drug-likeness (QED) is 0.782. The molecule has 0 spiro atoms. The van der Waals surface area contributed by atoms with Gasteiger partial charge in [-0.1, -0.05) is 20.8 Å². The summed E-state index contributed by atoms with van der Waals surface area (Å²) >= 11 is 0. The van der Waals surface area contributed by atoms with E-state index in [-0.39, 0.29) is 0 Å². The van der Waals surface area contributed by atoms with Crippen LogP contribution >= 0.6 is 0 Å². The highest BCUT2D eigenvalue weighted by atomic mass is 32.2. The van der Waals surface area contributed by atoms with Crippen LogP contribution in [-0.4, -0.2) is 28.3 Å². The highest BCUT2D eigenvalue weighted by molar-refractivity contribution is 7.85. The summed E-state index contributed by atoms with van der Waals surface area (Å²) in [6.07, 6.45) is 5.35. The maximum Gasteiger partial charge on any atom is 0.0503 e. The highest BCUT2D eigenvalue weighted by Crippen LogP contribution is 2.37. The van der Waals surface area contributed by atoms with E-state index in [4.69, 9.17) is 0 Å². The molecule has 1 fully saturated rings. The molecule has 1 N–H and O–H groups in total. The molecule has 1 aliphatic carbocycles. The Labute approximate surface area is 90.3 Å². The monoisotopic (exact) mass is 217 g/mol. The molecule has 3 atom stereocenters. The van der Waals surface area contributed by atoms with Gasteiger partial charge in [0.2, 0.25) is 0 Å². The van der Waals surface area contributed by atoms with Crippen molar-refractivity contribution in [2.75, 3.05) is 12.8 Å². The van der Waals surface area contributed by atoms with Crippen LogP contribution in [0.1, 0.15) is 40.0 Å². The van der Waals surface area contributed by atoms with Gasteiger partial charge < -0.3 is 5.32 Å². The Balaban J connectivity index is 2.65. The van der Waals surface area contributed by atoms with Gasteiger partial charge >= 0.3 is 0 Å². The highest BCUT2D eigenvalue weighted by Gasteiger charge is 2.36. The summed E-state index contributed by atoms with van der Waals surface area (Å²) in [5.74, 6) is 0. The third-order valence-corrected chi connectivity index (χ3v) is 4.58. The van der Waals surface area contributed by atoms with E-state index >= 15 is 0 Å².